The average molecular weight is 594 g/mol. The highest BCUT2D eigenvalue weighted by Gasteiger charge is 2.31. The zero-order valence-electron chi connectivity index (χ0n) is 23.0. The van der Waals surface area contributed by atoms with E-state index in [4.69, 9.17) is 4.74 Å². The third-order valence-electron chi connectivity index (χ3n) is 7.35. The molecule has 0 radical (unpaired) electrons. The molecule has 1 aromatic heterocycles. The minimum Gasteiger partial charge on any atom is -0.437 e. The van der Waals surface area contributed by atoms with Gasteiger partial charge in [0, 0.05) is 30.3 Å². The van der Waals surface area contributed by atoms with Gasteiger partial charge in [0.2, 0.25) is 21.7 Å². The third kappa shape index (κ3) is 6.43. The van der Waals surface area contributed by atoms with Gasteiger partial charge in [-0.2, -0.15) is 10.2 Å². The first-order valence-electron chi connectivity index (χ1n) is 13.3. The Bertz CT molecular complexity index is 1750. The molecule has 5 rings (SSSR count). The molecule has 0 bridgehead atoms. The normalized spacial score (nSPS) is 19.4. The van der Waals surface area contributed by atoms with Gasteiger partial charge in [0.15, 0.2) is 14.7 Å². The molecule has 0 atom stereocenters. The van der Waals surface area contributed by atoms with Gasteiger partial charge in [-0.05, 0) is 86.6 Å². The summed E-state index contributed by atoms with van der Waals surface area (Å²) >= 11 is 0. The summed E-state index contributed by atoms with van der Waals surface area (Å²) in [6.07, 6.45) is 6.22. The summed E-state index contributed by atoms with van der Waals surface area (Å²) in [7, 11) is -6.95. The van der Waals surface area contributed by atoms with Gasteiger partial charge in [0.25, 0.3) is 0 Å². The summed E-state index contributed by atoms with van der Waals surface area (Å²) in [5, 5.41) is 17.3. The van der Waals surface area contributed by atoms with E-state index in [1.807, 2.05) is 12.1 Å². The minimum absolute atomic E-state index is 0.0457. The molecule has 1 aliphatic carbocycles. The molecule has 2 N–H and O–H groups in total. The zero-order valence-corrected chi connectivity index (χ0v) is 24.6. The predicted octanol–water partition coefficient (Wildman–Crippen LogP) is 4.43. The fourth-order valence-corrected chi connectivity index (χ4v) is 7.01. The molecule has 1 aliphatic heterocycles. The van der Waals surface area contributed by atoms with E-state index in [1.54, 1.807) is 38.1 Å². The number of sulfone groups is 2. The standard InChI is InChI=1S/C29H31N5O5S2/c1-18-14-21(16-30)15-19(2)26(18)39-28-27-25(12-13-41(27,37)38)33-29(34-28)32-23-8-6-22(7-9-23)31-17-20-4-10-24(11-5-20)40(3,35)36/h4-5,10-15,22-23,31H,6-9,17H2,1-3H3,(H,32,33,34). The Morgan fingerprint density at radius 1 is 1.02 bits per heavy atom. The molecule has 41 heavy (non-hydrogen) atoms. The van der Waals surface area contributed by atoms with Crippen molar-refractivity contribution in [1.82, 2.24) is 15.3 Å². The lowest BCUT2D eigenvalue weighted by molar-refractivity contribution is 0.351. The highest BCUT2D eigenvalue weighted by atomic mass is 32.2. The van der Waals surface area contributed by atoms with Crippen LogP contribution in [0.2, 0.25) is 0 Å². The first-order chi connectivity index (χ1) is 19.4. The maximum Gasteiger partial charge on any atom is 0.244 e. The predicted molar refractivity (Wildman–Crippen MR) is 155 cm³/mol. The van der Waals surface area contributed by atoms with E-state index in [9.17, 15) is 22.1 Å². The van der Waals surface area contributed by atoms with Gasteiger partial charge in [-0.25, -0.2) is 21.8 Å². The number of fused-ring (bicyclic) bond motifs is 1. The second-order valence-corrected chi connectivity index (χ2v) is 14.3. The summed E-state index contributed by atoms with van der Waals surface area (Å²) in [5.41, 5.74) is 3.19. The van der Waals surface area contributed by atoms with Crippen molar-refractivity contribution in [2.45, 2.75) is 68.0 Å². The summed E-state index contributed by atoms with van der Waals surface area (Å²) in [5.74, 6) is 0.706. The van der Waals surface area contributed by atoms with Crippen LogP contribution in [0.25, 0.3) is 6.08 Å². The van der Waals surface area contributed by atoms with Gasteiger partial charge in [0.05, 0.1) is 22.2 Å². The van der Waals surface area contributed by atoms with Crippen molar-refractivity contribution >= 4 is 31.7 Å². The molecule has 12 heteroatoms. The van der Waals surface area contributed by atoms with Crippen LogP contribution in [0.4, 0.5) is 5.95 Å². The number of hydrogen-bond donors (Lipinski definition) is 2. The quantitative estimate of drug-likeness (QED) is 0.384. The molecule has 0 spiro atoms. The summed E-state index contributed by atoms with van der Waals surface area (Å²) in [6.45, 7) is 4.25. The lowest BCUT2D eigenvalue weighted by atomic mass is 9.91. The Kier molecular flexibility index (Phi) is 7.87. The molecule has 1 fully saturated rings. The monoisotopic (exact) mass is 593 g/mol. The van der Waals surface area contributed by atoms with E-state index in [0.717, 1.165) is 36.7 Å². The first kappa shape index (κ1) is 28.7. The van der Waals surface area contributed by atoms with Crippen LogP contribution in [0.5, 0.6) is 11.6 Å². The van der Waals surface area contributed by atoms with Crippen LogP contribution in [-0.2, 0) is 26.2 Å². The second kappa shape index (κ2) is 11.2. The van der Waals surface area contributed by atoms with Crippen LogP contribution in [0.3, 0.4) is 0 Å². The molecule has 3 aromatic rings. The van der Waals surface area contributed by atoms with Crippen LogP contribution < -0.4 is 15.4 Å². The van der Waals surface area contributed by atoms with Crippen molar-refractivity contribution in [1.29, 1.82) is 5.26 Å². The zero-order chi connectivity index (χ0) is 29.4. The van der Waals surface area contributed by atoms with Gasteiger partial charge >= 0.3 is 0 Å². The largest absolute Gasteiger partial charge is 0.437 e. The van der Waals surface area contributed by atoms with Crippen molar-refractivity contribution in [2.75, 3.05) is 11.6 Å². The Balaban J connectivity index is 1.26. The molecule has 1 saturated carbocycles. The third-order valence-corrected chi connectivity index (χ3v) is 9.92. The topological polar surface area (TPSA) is 151 Å². The number of ether oxygens (including phenoxy) is 1. The van der Waals surface area contributed by atoms with E-state index >= 15 is 0 Å². The van der Waals surface area contributed by atoms with Gasteiger partial charge in [-0.3, -0.25) is 0 Å². The molecule has 0 amide bonds. The lowest BCUT2D eigenvalue weighted by Crippen LogP contribution is -2.37. The van der Waals surface area contributed by atoms with Crippen molar-refractivity contribution in [2.24, 2.45) is 0 Å². The van der Waals surface area contributed by atoms with Crippen LogP contribution in [0.1, 0.15) is 53.6 Å². The highest BCUT2D eigenvalue weighted by Crippen LogP contribution is 2.38. The lowest BCUT2D eigenvalue weighted by Gasteiger charge is -2.30. The van der Waals surface area contributed by atoms with Gasteiger partial charge in [-0.1, -0.05) is 12.1 Å². The Hall–Kier alpha value is -3.79. The van der Waals surface area contributed by atoms with Crippen LogP contribution >= 0.6 is 0 Å². The molecule has 10 nitrogen and oxygen atoms in total. The first-order valence-corrected chi connectivity index (χ1v) is 16.7. The summed E-state index contributed by atoms with van der Waals surface area (Å²) < 4.78 is 54.9. The number of aryl methyl sites for hydroxylation is 2. The Morgan fingerprint density at radius 2 is 1.66 bits per heavy atom. The van der Waals surface area contributed by atoms with Gasteiger partial charge < -0.3 is 15.4 Å². The van der Waals surface area contributed by atoms with E-state index in [2.05, 4.69) is 26.7 Å². The molecule has 2 aromatic carbocycles. The van der Waals surface area contributed by atoms with Gasteiger partial charge in [0.1, 0.15) is 5.75 Å². The van der Waals surface area contributed by atoms with Crippen molar-refractivity contribution in [3.05, 3.63) is 69.8 Å². The molecule has 2 aliphatic rings. The van der Waals surface area contributed by atoms with E-state index in [-0.39, 0.29) is 22.5 Å². The number of nitriles is 1. The van der Waals surface area contributed by atoms with Crippen molar-refractivity contribution in [3.8, 4) is 17.7 Å². The number of hydrogen-bond acceptors (Lipinski definition) is 10. The number of nitrogens with one attached hydrogen (secondary N) is 2. The van der Waals surface area contributed by atoms with E-state index < -0.39 is 19.7 Å². The summed E-state index contributed by atoms with van der Waals surface area (Å²) in [4.78, 5) is 9.20. The number of aromatic nitrogens is 2. The van der Waals surface area contributed by atoms with Crippen molar-refractivity contribution in [3.63, 3.8) is 0 Å². The molecule has 214 valence electrons. The van der Waals surface area contributed by atoms with E-state index in [0.29, 0.717) is 45.9 Å². The maximum absolute atomic E-state index is 12.8. The van der Waals surface area contributed by atoms with Crippen LogP contribution in [0.15, 0.2) is 51.6 Å². The average Bonchev–Trinajstić information content (AvgIpc) is 3.24. The van der Waals surface area contributed by atoms with Gasteiger partial charge in [-0.15, -0.1) is 0 Å². The second-order valence-electron chi connectivity index (χ2n) is 10.6. The van der Waals surface area contributed by atoms with Crippen LogP contribution in [-0.4, -0.2) is 45.1 Å². The number of benzene rings is 2. The molecule has 2 heterocycles. The van der Waals surface area contributed by atoms with Crippen molar-refractivity contribution < 1.29 is 21.6 Å². The number of nitrogens with zero attached hydrogens (tertiary/aromatic N) is 3. The molecular weight excluding hydrogens is 562 g/mol. The number of anilines is 1. The molecular formula is C29H31N5O5S2. The molecule has 0 unspecified atom stereocenters. The highest BCUT2D eigenvalue weighted by molar-refractivity contribution is 7.95. The minimum atomic E-state index is -3.74. The van der Waals surface area contributed by atoms with E-state index in [1.165, 1.54) is 12.3 Å². The Morgan fingerprint density at radius 3 is 2.27 bits per heavy atom. The van der Waals surface area contributed by atoms with Crippen LogP contribution in [0, 0.1) is 25.2 Å². The fourth-order valence-electron chi connectivity index (χ4n) is 5.20. The summed E-state index contributed by atoms with van der Waals surface area (Å²) in [6, 6.07) is 12.8. The Labute approximate surface area is 240 Å². The SMILES string of the molecule is Cc1cc(C#N)cc(C)c1Oc1nc(NC2CCC(NCc3ccc(S(C)(=O)=O)cc3)CC2)nc2c1S(=O)(=O)C=C2. The smallest absolute Gasteiger partial charge is 0.244 e. The number of rotatable bonds is 8. The molecule has 0 saturated heterocycles. The maximum atomic E-state index is 12.8. The fraction of sp³-hybridized carbons (Fsp3) is 0.345.